The SMILES string of the molecule is O=C(O)c1ccc2n[nH]nc2c1C(=O)O. The van der Waals surface area contributed by atoms with Crippen LogP contribution in [0.3, 0.4) is 0 Å². The molecule has 0 amide bonds. The van der Waals surface area contributed by atoms with E-state index in [1.54, 1.807) is 0 Å². The van der Waals surface area contributed by atoms with Crippen molar-refractivity contribution in [2.24, 2.45) is 0 Å². The maximum absolute atomic E-state index is 10.9. The second kappa shape index (κ2) is 3.05. The lowest BCUT2D eigenvalue weighted by Gasteiger charge is -2.00. The zero-order chi connectivity index (χ0) is 11.0. The van der Waals surface area contributed by atoms with Gasteiger partial charge in [0.2, 0.25) is 0 Å². The van der Waals surface area contributed by atoms with Gasteiger partial charge in [-0.3, -0.25) is 0 Å². The minimum atomic E-state index is -1.34. The van der Waals surface area contributed by atoms with Crippen molar-refractivity contribution in [1.82, 2.24) is 15.4 Å². The zero-order valence-electron chi connectivity index (χ0n) is 7.26. The van der Waals surface area contributed by atoms with Gasteiger partial charge >= 0.3 is 11.9 Å². The van der Waals surface area contributed by atoms with Crippen LogP contribution in [0.15, 0.2) is 12.1 Å². The molecule has 0 aliphatic rings. The van der Waals surface area contributed by atoms with E-state index < -0.39 is 11.9 Å². The molecule has 3 N–H and O–H groups in total. The van der Waals surface area contributed by atoms with Gasteiger partial charge in [0.05, 0.1) is 5.56 Å². The van der Waals surface area contributed by atoms with Crippen molar-refractivity contribution in [2.75, 3.05) is 0 Å². The van der Waals surface area contributed by atoms with Gasteiger partial charge in [0.25, 0.3) is 0 Å². The largest absolute Gasteiger partial charge is 0.478 e. The summed E-state index contributed by atoms with van der Waals surface area (Å²) < 4.78 is 0. The summed E-state index contributed by atoms with van der Waals surface area (Å²) >= 11 is 0. The molecule has 0 fully saturated rings. The molecule has 1 heterocycles. The molecular weight excluding hydrogens is 202 g/mol. The molecule has 0 saturated heterocycles. The molecule has 1 aromatic carbocycles. The Kier molecular flexibility index (Phi) is 1.86. The van der Waals surface area contributed by atoms with Crippen LogP contribution in [0.2, 0.25) is 0 Å². The third-order valence-corrected chi connectivity index (χ3v) is 1.93. The lowest BCUT2D eigenvalue weighted by atomic mass is 10.1. The number of hydrogen-bond acceptors (Lipinski definition) is 4. The van der Waals surface area contributed by atoms with E-state index in [0.29, 0.717) is 5.52 Å². The highest BCUT2D eigenvalue weighted by Gasteiger charge is 2.21. The molecule has 7 heteroatoms. The molecule has 1 aromatic heterocycles. The molecule has 0 saturated carbocycles. The number of nitrogens with zero attached hydrogens (tertiary/aromatic N) is 2. The van der Waals surface area contributed by atoms with Gasteiger partial charge in [0, 0.05) is 0 Å². The summed E-state index contributed by atoms with van der Waals surface area (Å²) in [6, 6.07) is 2.59. The molecule has 2 aromatic rings. The Morgan fingerprint density at radius 1 is 1.13 bits per heavy atom. The van der Waals surface area contributed by atoms with E-state index in [1.807, 2.05) is 0 Å². The highest BCUT2D eigenvalue weighted by Crippen LogP contribution is 2.18. The quantitative estimate of drug-likeness (QED) is 0.654. The minimum Gasteiger partial charge on any atom is -0.478 e. The Labute approximate surface area is 82.3 Å². The predicted molar refractivity (Wildman–Crippen MR) is 47.8 cm³/mol. The number of rotatable bonds is 2. The van der Waals surface area contributed by atoms with Crippen LogP contribution in [-0.2, 0) is 0 Å². The number of aromatic nitrogens is 3. The molecular formula is C8H5N3O4. The Balaban J connectivity index is 2.87. The van der Waals surface area contributed by atoms with Crippen LogP contribution >= 0.6 is 0 Å². The molecule has 7 nitrogen and oxygen atoms in total. The Bertz CT molecular complexity index is 560. The summed E-state index contributed by atoms with van der Waals surface area (Å²) in [4.78, 5) is 21.7. The van der Waals surface area contributed by atoms with E-state index >= 15 is 0 Å². The first-order chi connectivity index (χ1) is 7.11. The first-order valence-corrected chi connectivity index (χ1v) is 3.91. The van der Waals surface area contributed by atoms with E-state index in [1.165, 1.54) is 12.1 Å². The number of benzene rings is 1. The lowest BCUT2D eigenvalue weighted by molar-refractivity contribution is 0.0653. The molecule has 0 aliphatic heterocycles. The van der Waals surface area contributed by atoms with Crippen molar-refractivity contribution in [3.8, 4) is 0 Å². The van der Waals surface area contributed by atoms with Gasteiger partial charge in [-0.15, -0.1) is 0 Å². The number of carboxylic acids is 2. The van der Waals surface area contributed by atoms with Gasteiger partial charge in [0.1, 0.15) is 16.6 Å². The highest BCUT2D eigenvalue weighted by atomic mass is 16.4. The highest BCUT2D eigenvalue weighted by molar-refractivity contribution is 6.09. The Morgan fingerprint density at radius 2 is 1.87 bits per heavy atom. The van der Waals surface area contributed by atoms with Gasteiger partial charge < -0.3 is 10.2 Å². The van der Waals surface area contributed by atoms with Crippen LogP contribution in [0, 0.1) is 0 Å². The Morgan fingerprint density at radius 3 is 2.47 bits per heavy atom. The monoisotopic (exact) mass is 207 g/mol. The number of carbonyl (C=O) groups is 2. The summed E-state index contributed by atoms with van der Waals surface area (Å²) in [5, 5.41) is 27.2. The molecule has 0 unspecified atom stereocenters. The second-order valence-corrected chi connectivity index (χ2v) is 2.79. The summed E-state index contributed by atoms with van der Waals surface area (Å²) in [7, 11) is 0. The average molecular weight is 207 g/mol. The number of hydrogen-bond donors (Lipinski definition) is 3. The van der Waals surface area contributed by atoms with Gasteiger partial charge in [-0.2, -0.15) is 15.4 Å². The van der Waals surface area contributed by atoms with E-state index in [2.05, 4.69) is 15.4 Å². The number of nitrogens with one attached hydrogen (secondary N) is 1. The van der Waals surface area contributed by atoms with Gasteiger partial charge in [-0.25, -0.2) is 9.59 Å². The molecule has 0 spiro atoms. The standard InChI is InChI=1S/C8H5N3O4/c12-7(13)3-1-2-4-6(10-11-9-4)5(3)8(14)15/h1-2H,(H,12,13)(H,14,15)(H,9,10,11). The van der Waals surface area contributed by atoms with Gasteiger partial charge in [-0.1, -0.05) is 0 Å². The first kappa shape index (κ1) is 9.13. The van der Waals surface area contributed by atoms with Crippen LogP contribution < -0.4 is 0 Å². The fourth-order valence-electron chi connectivity index (χ4n) is 1.31. The van der Waals surface area contributed by atoms with Crippen molar-refractivity contribution in [1.29, 1.82) is 0 Å². The van der Waals surface area contributed by atoms with Crippen molar-refractivity contribution < 1.29 is 19.8 Å². The number of fused-ring (bicyclic) bond motifs is 1. The van der Waals surface area contributed by atoms with Crippen molar-refractivity contribution in [3.63, 3.8) is 0 Å². The van der Waals surface area contributed by atoms with Crippen molar-refractivity contribution in [2.45, 2.75) is 0 Å². The number of aromatic carboxylic acids is 2. The van der Waals surface area contributed by atoms with Crippen LogP contribution in [-0.4, -0.2) is 37.6 Å². The number of H-pyrrole nitrogens is 1. The third kappa shape index (κ3) is 1.30. The van der Waals surface area contributed by atoms with Crippen molar-refractivity contribution in [3.05, 3.63) is 23.3 Å². The fourth-order valence-corrected chi connectivity index (χ4v) is 1.31. The third-order valence-electron chi connectivity index (χ3n) is 1.93. The van der Waals surface area contributed by atoms with Gasteiger partial charge in [-0.05, 0) is 12.1 Å². The molecule has 0 atom stereocenters. The van der Waals surface area contributed by atoms with Crippen LogP contribution in [0.25, 0.3) is 11.0 Å². The molecule has 0 radical (unpaired) electrons. The molecule has 15 heavy (non-hydrogen) atoms. The van der Waals surface area contributed by atoms with Crippen LogP contribution in [0.4, 0.5) is 0 Å². The normalized spacial score (nSPS) is 10.4. The molecule has 0 aliphatic carbocycles. The zero-order valence-corrected chi connectivity index (χ0v) is 7.26. The maximum atomic E-state index is 10.9. The van der Waals surface area contributed by atoms with Crippen LogP contribution in [0.1, 0.15) is 20.7 Å². The van der Waals surface area contributed by atoms with E-state index in [4.69, 9.17) is 10.2 Å². The summed E-state index contributed by atoms with van der Waals surface area (Å²) in [5.74, 6) is -2.65. The molecule has 0 bridgehead atoms. The summed E-state index contributed by atoms with van der Waals surface area (Å²) in [6.45, 7) is 0. The minimum absolute atomic E-state index is 0.0439. The molecule has 2 rings (SSSR count). The smallest absolute Gasteiger partial charge is 0.338 e. The molecule has 76 valence electrons. The topological polar surface area (TPSA) is 116 Å². The maximum Gasteiger partial charge on any atom is 0.338 e. The summed E-state index contributed by atoms with van der Waals surface area (Å²) in [5.41, 5.74) is -0.294. The number of carboxylic acid groups (broad SMARTS) is 2. The van der Waals surface area contributed by atoms with Gasteiger partial charge in [0.15, 0.2) is 0 Å². The fraction of sp³-hybridized carbons (Fsp3) is 0. The van der Waals surface area contributed by atoms with Crippen molar-refractivity contribution >= 4 is 23.0 Å². The first-order valence-electron chi connectivity index (χ1n) is 3.91. The lowest BCUT2D eigenvalue weighted by Crippen LogP contribution is -2.08. The summed E-state index contributed by atoms with van der Waals surface area (Å²) in [6.07, 6.45) is 0. The van der Waals surface area contributed by atoms with Crippen LogP contribution in [0.5, 0.6) is 0 Å². The van der Waals surface area contributed by atoms with E-state index in [-0.39, 0.29) is 16.6 Å². The Hall–Kier alpha value is -2.44. The number of aromatic amines is 1. The van der Waals surface area contributed by atoms with E-state index in [0.717, 1.165) is 0 Å². The second-order valence-electron chi connectivity index (χ2n) is 2.79. The average Bonchev–Trinajstić information content (AvgIpc) is 2.62. The predicted octanol–water partition coefficient (Wildman–Crippen LogP) is 0.354. The van der Waals surface area contributed by atoms with E-state index in [9.17, 15) is 9.59 Å².